The summed E-state index contributed by atoms with van der Waals surface area (Å²) in [5.74, 6) is -0.488. The second kappa shape index (κ2) is 49.9. The van der Waals surface area contributed by atoms with E-state index in [0.29, 0.717) is 19.4 Å². The number of carbonyl (C=O) groups excluding carboxylic acids is 2. The monoisotopic (exact) mass is 831 g/mol. The fourth-order valence-electron chi connectivity index (χ4n) is 6.24. The number of allylic oxidation sites excluding steroid dienone is 18. The van der Waals surface area contributed by atoms with Gasteiger partial charge in [0.2, 0.25) is 0 Å². The predicted octanol–water partition coefficient (Wildman–Crippen LogP) is 16.4. The van der Waals surface area contributed by atoms with Gasteiger partial charge in [0, 0.05) is 19.4 Å². The number of esters is 2. The molecular formula is C55H90O5. The van der Waals surface area contributed by atoms with E-state index in [1.54, 1.807) is 0 Å². The zero-order valence-corrected chi connectivity index (χ0v) is 38.9. The van der Waals surface area contributed by atoms with Gasteiger partial charge in [-0.3, -0.25) is 9.59 Å². The predicted molar refractivity (Wildman–Crippen MR) is 260 cm³/mol. The number of hydrogen-bond acceptors (Lipinski definition) is 5. The van der Waals surface area contributed by atoms with Crippen molar-refractivity contribution in [3.63, 3.8) is 0 Å². The van der Waals surface area contributed by atoms with Crippen LogP contribution in [0, 0.1) is 0 Å². The molecule has 0 radical (unpaired) electrons. The van der Waals surface area contributed by atoms with Crippen molar-refractivity contribution in [3.8, 4) is 0 Å². The van der Waals surface area contributed by atoms with E-state index in [2.05, 4.69) is 130 Å². The Morgan fingerprint density at radius 3 is 1.25 bits per heavy atom. The second-order valence-electron chi connectivity index (χ2n) is 15.6. The van der Waals surface area contributed by atoms with Crippen LogP contribution in [0.3, 0.4) is 0 Å². The van der Waals surface area contributed by atoms with E-state index in [-0.39, 0.29) is 25.2 Å². The minimum absolute atomic E-state index is 0.0497. The van der Waals surface area contributed by atoms with Crippen LogP contribution in [0.1, 0.15) is 201 Å². The summed E-state index contributed by atoms with van der Waals surface area (Å²) in [5, 5.41) is 0. The molecule has 0 rings (SSSR count). The molecule has 0 aliphatic carbocycles. The molecule has 0 saturated heterocycles. The van der Waals surface area contributed by atoms with Crippen LogP contribution in [0.25, 0.3) is 0 Å². The van der Waals surface area contributed by atoms with Crippen LogP contribution >= 0.6 is 0 Å². The first kappa shape index (κ1) is 56.6. The third-order valence-corrected chi connectivity index (χ3v) is 9.80. The fraction of sp³-hybridized carbons (Fsp3) is 0.636. The first-order valence-corrected chi connectivity index (χ1v) is 24.4. The highest BCUT2D eigenvalue weighted by atomic mass is 16.6. The van der Waals surface area contributed by atoms with Crippen LogP contribution in [0.2, 0.25) is 0 Å². The lowest BCUT2D eigenvalue weighted by Crippen LogP contribution is -2.30. The van der Waals surface area contributed by atoms with Gasteiger partial charge in [0.15, 0.2) is 6.10 Å². The summed E-state index contributed by atoms with van der Waals surface area (Å²) in [6.45, 7) is 7.49. The van der Waals surface area contributed by atoms with Crippen LogP contribution in [0.4, 0.5) is 0 Å². The molecule has 0 aromatic rings. The molecule has 60 heavy (non-hydrogen) atoms. The number of ether oxygens (including phenoxy) is 3. The van der Waals surface area contributed by atoms with Crippen molar-refractivity contribution in [2.45, 2.75) is 207 Å². The Labute approximate surface area is 370 Å². The van der Waals surface area contributed by atoms with Crippen LogP contribution in [0.15, 0.2) is 109 Å². The highest BCUT2D eigenvalue weighted by molar-refractivity contribution is 5.70. The number of unbranched alkanes of at least 4 members (excludes halogenated alkanes) is 14. The van der Waals surface area contributed by atoms with E-state index in [0.717, 1.165) is 109 Å². The Morgan fingerprint density at radius 1 is 0.383 bits per heavy atom. The Balaban J connectivity index is 4.31. The van der Waals surface area contributed by atoms with Crippen molar-refractivity contribution in [2.75, 3.05) is 19.8 Å². The van der Waals surface area contributed by atoms with Crippen molar-refractivity contribution in [2.24, 2.45) is 0 Å². The molecule has 0 aliphatic heterocycles. The zero-order valence-electron chi connectivity index (χ0n) is 38.9. The molecule has 1 unspecified atom stereocenters. The van der Waals surface area contributed by atoms with Gasteiger partial charge >= 0.3 is 11.9 Å². The van der Waals surface area contributed by atoms with Crippen molar-refractivity contribution in [3.05, 3.63) is 109 Å². The largest absolute Gasteiger partial charge is 0.462 e. The molecule has 0 amide bonds. The summed E-state index contributed by atoms with van der Waals surface area (Å²) in [6, 6.07) is 0. The SMILES string of the molecule is CC/C=C\C/C=C\C/C=C\C/C=C\C/C=C\CCCC(=O)OC(COCCCCCCCCCC)COC(=O)CCCCCCCC/C=C\C/C=C\C/C=C\C/C=C\CC. The molecule has 1 atom stereocenters. The smallest absolute Gasteiger partial charge is 0.306 e. The quantitative estimate of drug-likeness (QED) is 0.0348. The number of rotatable bonds is 43. The molecule has 0 saturated carbocycles. The van der Waals surface area contributed by atoms with Gasteiger partial charge in [-0.2, -0.15) is 0 Å². The Kier molecular flexibility index (Phi) is 47.1. The van der Waals surface area contributed by atoms with E-state index in [1.165, 1.54) is 57.8 Å². The third-order valence-electron chi connectivity index (χ3n) is 9.80. The molecule has 0 N–H and O–H groups in total. The zero-order chi connectivity index (χ0) is 43.5. The minimum Gasteiger partial charge on any atom is -0.462 e. The first-order valence-electron chi connectivity index (χ1n) is 24.4. The first-order chi connectivity index (χ1) is 29.6. The van der Waals surface area contributed by atoms with Crippen molar-refractivity contribution < 1.29 is 23.8 Å². The standard InChI is InChI=1S/C55H90O5/c1-4-7-10-13-16-19-21-23-25-27-28-30-31-33-35-37-39-42-45-48-54(56)59-52-53(51-58-50-47-44-41-18-15-12-9-6-3)60-55(57)49-46-43-40-38-36-34-32-29-26-24-22-20-17-14-11-8-5-2/h7-8,10-11,16-17,19-20,23-26,28,30,32,34,38,40,53H,4-6,9,12-15,18,21-22,27,29,31,33,35-37,39,41-52H2,1-3H3/b10-7-,11-8-,19-16-,20-17-,25-23-,26-24-,30-28-,34-32-,40-38-. The minimum atomic E-state index is -0.575. The maximum atomic E-state index is 12.7. The molecule has 340 valence electrons. The number of carbonyl (C=O) groups is 2. The lowest BCUT2D eigenvalue weighted by Gasteiger charge is -2.18. The highest BCUT2D eigenvalue weighted by Gasteiger charge is 2.17. The summed E-state index contributed by atoms with van der Waals surface area (Å²) in [4.78, 5) is 25.3. The van der Waals surface area contributed by atoms with Crippen molar-refractivity contribution in [1.82, 2.24) is 0 Å². The average molecular weight is 831 g/mol. The van der Waals surface area contributed by atoms with Gasteiger partial charge in [-0.25, -0.2) is 0 Å². The van der Waals surface area contributed by atoms with Gasteiger partial charge in [-0.1, -0.05) is 201 Å². The lowest BCUT2D eigenvalue weighted by atomic mass is 10.1. The summed E-state index contributed by atoms with van der Waals surface area (Å²) in [7, 11) is 0. The molecule has 0 fully saturated rings. The average Bonchev–Trinajstić information content (AvgIpc) is 3.25. The van der Waals surface area contributed by atoms with Gasteiger partial charge in [0.25, 0.3) is 0 Å². The van der Waals surface area contributed by atoms with E-state index in [4.69, 9.17) is 14.2 Å². The molecule has 0 aromatic carbocycles. The van der Waals surface area contributed by atoms with E-state index < -0.39 is 6.10 Å². The van der Waals surface area contributed by atoms with Gasteiger partial charge in [0.1, 0.15) is 6.61 Å². The summed E-state index contributed by atoms with van der Waals surface area (Å²) in [6.07, 6.45) is 68.1. The molecule has 0 heterocycles. The van der Waals surface area contributed by atoms with Crippen molar-refractivity contribution >= 4 is 11.9 Å². The molecule has 5 nitrogen and oxygen atoms in total. The summed E-state index contributed by atoms with van der Waals surface area (Å²) < 4.78 is 17.2. The van der Waals surface area contributed by atoms with Crippen molar-refractivity contribution in [1.29, 1.82) is 0 Å². The van der Waals surface area contributed by atoms with Gasteiger partial charge in [-0.15, -0.1) is 0 Å². The van der Waals surface area contributed by atoms with Crippen LogP contribution < -0.4 is 0 Å². The van der Waals surface area contributed by atoms with Gasteiger partial charge in [-0.05, 0) is 96.3 Å². The Bertz CT molecular complexity index is 1210. The fourth-order valence-corrected chi connectivity index (χ4v) is 6.24. The third kappa shape index (κ3) is 47.2. The normalized spacial score (nSPS) is 13.2. The topological polar surface area (TPSA) is 61.8 Å². The second-order valence-corrected chi connectivity index (χ2v) is 15.6. The molecule has 0 aromatic heterocycles. The van der Waals surface area contributed by atoms with Crippen LogP contribution in [-0.4, -0.2) is 37.9 Å². The molecule has 0 bridgehead atoms. The van der Waals surface area contributed by atoms with Gasteiger partial charge in [0.05, 0.1) is 6.61 Å². The Morgan fingerprint density at radius 2 is 0.767 bits per heavy atom. The van der Waals surface area contributed by atoms with Crippen LogP contribution in [0.5, 0.6) is 0 Å². The van der Waals surface area contributed by atoms with Crippen LogP contribution in [-0.2, 0) is 23.8 Å². The molecule has 0 spiro atoms. The lowest BCUT2D eigenvalue weighted by molar-refractivity contribution is -0.162. The van der Waals surface area contributed by atoms with E-state index in [9.17, 15) is 9.59 Å². The number of hydrogen-bond donors (Lipinski definition) is 0. The highest BCUT2D eigenvalue weighted by Crippen LogP contribution is 2.12. The molecule has 0 aliphatic rings. The van der Waals surface area contributed by atoms with E-state index >= 15 is 0 Å². The van der Waals surface area contributed by atoms with Gasteiger partial charge < -0.3 is 14.2 Å². The Hall–Kier alpha value is -3.44. The summed E-state index contributed by atoms with van der Waals surface area (Å²) in [5.41, 5.74) is 0. The summed E-state index contributed by atoms with van der Waals surface area (Å²) >= 11 is 0. The maximum Gasteiger partial charge on any atom is 0.306 e. The van der Waals surface area contributed by atoms with E-state index in [1.807, 2.05) is 0 Å². The molecule has 5 heteroatoms. The molecular weight excluding hydrogens is 741 g/mol. The maximum absolute atomic E-state index is 12.7.